The quantitative estimate of drug-likeness (QED) is 0.649. The Kier molecular flexibility index (Phi) is 5.68. The highest BCUT2D eigenvalue weighted by Crippen LogP contribution is 2.14. The van der Waals surface area contributed by atoms with Gasteiger partial charge in [-0.05, 0) is 24.5 Å². The van der Waals surface area contributed by atoms with Crippen LogP contribution in [0.15, 0.2) is 41.8 Å². The third kappa shape index (κ3) is 4.90. The Hall–Kier alpha value is -1.56. The van der Waals surface area contributed by atoms with Gasteiger partial charge in [0.15, 0.2) is 0 Å². The van der Waals surface area contributed by atoms with Crippen molar-refractivity contribution >= 4 is 11.3 Å². The van der Waals surface area contributed by atoms with Crippen LogP contribution >= 0.6 is 11.3 Å². The van der Waals surface area contributed by atoms with Gasteiger partial charge >= 0.3 is 0 Å². The van der Waals surface area contributed by atoms with Gasteiger partial charge in [-0.2, -0.15) is 0 Å². The monoisotopic (exact) mass is 270 g/mol. The van der Waals surface area contributed by atoms with E-state index in [0.29, 0.717) is 0 Å². The number of aryl methyl sites for hydroxylation is 1. The molecule has 0 saturated carbocycles. The summed E-state index contributed by atoms with van der Waals surface area (Å²) in [6.45, 7) is 0.213. The SMILES string of the molecule is OCCc1cc(C#CCCCc2ccccc2)cs1. The summed E-state index contributed by atoms with van der Waals surface area (Å²) < 4.78 is 0. The van der Waals surface area contributed by atoms with Gasteiger partial charge in [0.2, 0.25) is 0 Å². The molecular weight excluding hydrogens is 252 g/mol. The van der Waals surface area contributed by atoms with Crippen molar-refractivity contribution in [2.75, 3.05) is 6.61 Å². The van der Waals surface area contributed by atoms with E-state index in [1.165, 1.54) is 10.4 Å². The maximum Gasteiger partial charge on any atom is 0.0479 e. The molecule has 0 fully saturated rings. The summed E-state index contributed by atoms with van der Waals surface area (Å²) >= 11 is 1.67. The molecule has 98 valence electrons. The van der Waals surface area contributed by atoms with Crippen LogP contribution in [-0.4, -0.2) is 11.7 Å². The molecular formula is C17H18OS. The Bertz CT molecular complexity index is 545. The first-order valence-corrected chi connectivity index (χ1v) is 7.47. The summed E-state index contributed by atoms with van der Waals surface area (Å²) in [5, 5.41) is 10.9. The molecule has 0 unspecified atom stereocenters. The molecule has 19 heavy (non-hydrogen) atoms. The zero-order valence-electron chi connectivity index (χ0n) is 10.9. The highest BCUT2D eigenvalue weighted by molar-refractivity contribution is 7.10. The van der Waals surface area contributed by atoms with Crippen LogP contribution in [0.4, 0.5) is 0 Å². The predicted molar refractivity (Wildman–Crippen MR) is 81.4 cm³/mol. The van der Waals surface area contributed by atoms with E-state index < -0.39 is 0 Å². The lowest BCUT2D eigenvalue weighted by molar-refractivity contribution is 0.300. The molecule has 0 radical (unpaired) electrons. The van der Waals surface area contributed by atoms with Crippen molar-refractivity contribution in [3.63, 3.8) is 0 Å². The maximum absolute atomic E-state index is 8.85. The van der Waals surface area contributed by atoms with E-state index in [9.17, 15) is 0 Å². The van der Waals surface area contributed by atoms with E-state index in [-0.39, 0.29) is 6.61 Å². The van der Waals surface area contributed by atoms with Crippen LogP contribution in [0.3, 0.4) is 0 Å². The van der Waals surface area contributed by atoms with Gasteiger partial charge in [-0.3, -0.25) is 0 Å². The molecule has 1 aromatic carbocycles. The van der Waals surface area contributed by atoms with E-state index in [1.54, 1.807) is 11.3 Å². The third-order valence-corrected chi connectivity index (χ3v) is 3.85. The second kappa shape index (κ2) is 7.78. The van der Waals surface area contributed by atoms with Gasteiger partial charge in [-0.25, -0.2) is 0 Å². The maximum atomic E-state index is 8.85. The minimum absolute atomic E-state index is 0.213. The molecule has 1 nitrogen and oxygen atoms in total. The van der Waals surface area contributed by atoms with Gasteiger partial charge in [0, 0.05) is 35.3 Å². The molecule has 0 amide bonds. The number of thiophene rings is 1. The van der Waals surface area contributed by atoms with Gasteiger partial charge in [0.25, 0.3) is 0 Å². The lowest BCUT2D eigenvalue weighted by Gasteiger charge is -1.96. The van der Waals surface area contributed by atoms with Crippen molar-refractivity contribution < 1.29 is 5.11 Å². The molecule has 0 aliphatic rings. The summed E-state index contributed by atoms with van der Waals surface area (Å²) in [6.07, 6.45) is 3.86. The van der Waals surface area contributed by atoms with Crippen LogP contribution in [-0.2, 0) is 12.8 Å². The lowest BCUT2D eigenvalue weighted by atomic mass is 10.1. The molecule has 1 N–H and O–H groups in total. The molecule has 1 aromatic heterocycles. The smallest absolute Gasteiger partial charge is 0.0479 e. The zero-order chi connectivity index (χ0) is 13.3. The van der Waals surface area contributed by atoms with E-state index in [2.05, 4.69) is 47.6 Å². The highest BCUT2D eigenvalue weighted by atomic mass is 32.1. The molecule has 1 heterocycles. The summed E-state index contributed by atoms with van der Waals surface area (Å²) in [7, 11) is 0. The normalized spacial score (nSPS) is 9.95. The number of hydrogen-bond donors (Lipinski definition) is 1. The fourth-order valence-corrected chi connectivity index (χ4v) is 2.69. The van der Waals surface area contributed by atoms with Crippen molar-refractivity contribution in [1.82, 2.24) is 0 Å². The molecule has 2 heteroatoms. The van der Waals surface area contributed by atoms with Crippen molar-refractivity contribution in [1.29, 1.82) is 0 Å². The standard InChI is InChI=1S/C17H18OS/c18-12-11-17-13-16(14-19-17)10-6-2-5-9-15-7-3-1-4-8-15/h1,3-4,7-8,13-14,18H,2,5,9,11-12H2. The van der Waals surface area contributed by atoms with Gasteiger partial charge in [0.1, 0.15) is 0 Å². The first-order chi connectivity index (χ1) is 9.38. The van der Waals surface area contributed by atoms with Crippen molar-refractivity contribution in [3.05, 3.63) is 57.8 Å². The minimum atomic E-state index is 0.213. The molecule has 2 rings (SSSR count). The van der Waals surface area contributed by atoms with Crippen molar-refractivity contribution in [2.45, 2.75) is 25.7 Å². The molecule has 0 bridgehead atoms. The van der Waals surface area contributed by atoms with Crippen LogP contribution in [0.2, 0.25) is 0 Å². The largest absolute Gasteiger partial charge is 0.396 e. The first-order valence-electron chi connectivity index (χ1n) is 6.59. The Morgan fingerprint density at radius 3 is 2.74 bits per heavy atom. The fourth-order valence-electron chi connectivity index (χ4n) is 1.88. The lowest BCUT2D eigenvalue weighted by Crippen LogP contribution is -1.85. The molecule has 0 aliphatic carbocycles. The number of unbranched alkanes of at least 4 members (excludes halogenated alkanes) is 1. The second-order valence-corrected chi connectivity index (χ2v) is 5.41. The first kappa shape index (κ1) is 13.9. The number of aliphatic hydroxyl groups is 1. The van der Waals surface area contributed by atoms with Crippen LogP contribution in [0.25, 0.3) is 0 Å². The van der Waals surface area contributed by atoms with Crippen LogP contribution in [0.5, 0.6) is 0 Å². The Morgan fingerprint density at radius 2 is 1.95 bits per heavy atom. The molecule has 0 atom stereocenters. The number of benzene rings is 1. The van der Waals surface area contributed by atoms with E-state index in [1.807, 2.05) is 6.07 Å². The van der Waals surface area contributed by atoms with Crippen LogP contribution in [0.1, 0.15) is 28.8 Å². The average Bonchev–Trinajstić information content (AvgIpc) is 2.88. The van der Waals surface area contributed by atoms with E-state index in [0.717, 1.165) is 31.2 Å². The molecule has 2 aromatic rings. The van der Waals surface area contributed by atoms with Gasteiger partial charge < -0.3 is 5.11 Å². The summed E-state index contributed by atoms with van der Waals surface area (Å²) in [5.41, 5.74) is 2.46. The van der Waals surface area contributed by atoms with E-state index >= 15 is 0 Å². The van der Waals surface area contributed by atoms with Gasteiger partial charge in [-0.1, -0.05) is 42.2 Å². The number of aliphatic hydroxyl groups excluding tert-OH is 1. The zero-order valence-corrected chi connectivity index (χ0v) is 11.7. The summed E-state index contributed by atoms with van der Waals surface area (Å²) in [6, 6.07) is 12.6. The second-order valence-electron chi connectivity index (χ2n) is 4.42. The summed E-state index contributed by atoms with van der Waals surface area (Å²) in [4.78, 5) is 1.20. The van der Waals surface area contributed by atoms with Crippen LogP contribution < -0.4 is 0 Å². The Balaban J connectivity index is 1.75. The average molecular weight is 270 g/mol. The number of rotatable bonds is 5. The van der Waals surface area contributed by atoms with E-state index in [4.69, 9.17) is 5.11 Å². The van der Waals surface area contributed by atoms with Gasteiger partial charge in [-0.15, -0.1) is 11.3 Å². The topological polar surface area (TPSA) is 20.2 Å². The van der Waals surface area contributed by atoms with Crippen molar-refractivity contribution in [3.8, 4) is 11.8 Å². The van der Waals surface area contributed by atoms with Crippen molar-refractivity contribution in [2.24, 2.45) is 0 Å². The Labute approximate surface area is 118 Å². The minimum Gasteiger partial charge on any atom is -0.396 e. The Morgan fingerprint density at radius 1 is 1.11 bits per heavy atom. The molecule has 0 saturated heterocycles. The highest BCUT2D eigenvalue weighted by Gasteiger charge is 1.96. The third-order valence-electron chi connectivity index (χ3n) is 2.85. The predicted octanol–water partition coefficient (Wildman–Crippen LogP) is 3.66. The van der Waals surface area contributed by atoms with Gasteiger partial charge in [0.05, 0.1) is 0 Å². The number of hydrogen-bond acceptors (Lipinski definition) is 2. The molecule has 0 aliphatic heterocycles. The molecule has 0 spiro atoms. The fraction of sp³-hybridized carbons (Fsp3) is 0.294. The van der Waals surface area contributed by atoms with Crippen LogP contribution in [0, 0.1) is 11.8 Å². The summed E-state index contributed by atoms with van der Waals surface area (Å²) in [5.74, 6) is 6.41.